The van der Waals surface area contributed by atoms with Gasteiger partial charge in [-0.2, -0.15) is 0 Å². The summed E-state index contributed by atoms with van der Waals surface area (Å²) in [6.45, 7) is 4.61. The van der Waals surface area contributed by atoms with Gasteiger partial charge in [-0.25, -0.2) is 0 Å². The van der Waals surface area contributed by atoms with Crippen molar-refractivity contribution < 1.29 is 0 Å². The molecule has 0 aliphatic heterocycles. The Morgan fingerprint density at radius 2 is 0.792 bits per heavy atom. The van der Waals surface area contributed by atoms with Gasteiger partial charge in [-0.05, 0) is 12.3 Å². The second-order valence-electron chi connectivity index (χ2n) is 7.87. The third-order valence-corrected chi connectivity index (χ3v) is 5.99. The van der Waals surface area contributed by atoms with Crippen LogP contribution < -0.4 is 0 Å². The van der Waals surface area contributed by atoms with E-state index >= 15 is 0 Å². The normalized spacial score (nSPS) is 12.6. The Balaban J connectivity index is 3.63. The fourth-order valence-electron chi connectivity index (χ4n) is 3.74. The van der Waals surface area contributed by atoms with Crippen LogP contribution in [0, 0.1) is 5.92 Å². The molecule has 0 aromatic carbocycles. The second-order valence-corrected chi connectivity index (χ2v) is 8.66. The average Bonchev–Trinajstić information content (AvgIpc) is 2.59. The maximum absolute atomic E-state index is 3.59. The van der Waals surface area contributed by atoms with Crippen LogP contribution in [0.2, 0.25) is 0 Å². The van der Waals surface area contributed by atoms with E-state index in [1.165, 1.54) is 127 Å². The highest BCUT2D eigenvalue weighted by atomic mass is 79.9. The highest BCUT2D eigenvalue weighted by Gasteiger charge is 2.08. The molecule has 0 rings (SSSR count). The van der Waals surface area contributed by atoms with Crippen molar-refractivity contribution in [1.29, 1.82) is 0 Å². The minimum atomic E-state index is 1.02. The third-order valence-electron chi connectivity index (χ3n) is 5.43. The molecule has 0 radical (unpaired) electrons. The van der Waals surface area contributed by atoms with Crippen molar-refractivity contribution in [1.82, 2.24) is 0 Å². The molecule has 0 amide bonds. The maximum atomic E-state index is 3.59. The number of hydrogen-bond donors (Lipinski definition) is 0. The van der Waals surface area contributed by atoms with Crippen molar-refractivity contribution in [2.75, 3.05) is 5.33 Å². The van der Waals surface area contributed by atoms with Crippen LogP contribution in [0.1, 0.15) is 136 Å². The molecule has 0 N–H and O–H groups in total. The minimum absolute atomic E-state index is 1.02. The number of hydrogen-bond acceptors (Lipinski definition) is 0. The molecule has 24 heavy (non-hydrogen) atoms. The molecule has 1 heteroatoms. The second kappa shape index (κ2) is 21.5. The zero-order valence-corrected chi connectivity index (χ0v) is 18.7. The van der Waals surface area contributed by atoms with Crippen LogP contribution in [-0.2, 0) is 0 Å². The lowest BCUT2D eigenvalue weighted by atomic mass is 9.90. The fourth-order valence-corrected chi connectivity index (χ4v) is 4.14. The van der Waals surface area contributed by atoms with Gasteiger partial charge in [-0.15, -0.1) is 0 Å². The predicted molar refractivity (Wildman–Crippen MR) is 116 cm³/mol. The Morgan fingerprint density at radius 3 is 1.17 bits per heavy atom. The van der Waals surface area contributed by atoms with Gasteiger partial charge in [0.1, 0.15) is 0 Å². The zero-order chi connectivity index (χ0) is 17.7. The van der Waals surface area contributed by atoms with E-state index in [-0.39, 0.29) is 0 Å². The summed E-state index contributed by atoms with van der Waals surface area (Å²) in [5.74, 6) is 1.02. The zero-order valence-electron chi connectivity index (χ0n) is 17.1. The van der Waals surface area contributed by atoms with E-state index in [2.05, 4.69) is 29.8 Å². The summed E-state index contributed by atoms with van der Waals surface area (Å²) in [6.07, 6.45) is 27.7. The smallest absolute Gasteiger partial charge is 0.00313 e. The van der Waals surface area contributed by atoms with Crippen molar-refractivity contribution in [3.8, 4) is 0 Å². The van der Waals surface area contributed by atoms with Gasteiger partial charge in [0.15, 0.2) is 0 Å². The first-order valence-corrected chi connectivity index (χ1v) is 12.5. The SMILES string of the molecule is CCCCCCCCCCC(CCCCBr)CCCCCCCC. The molecular formula is C23H47Br. The summed E-state index contributed by atoms with van der Waals surface area (Å²) >= 11 is 3.59. The summed E-state index contributed by atoms with van der Waals surface area (Å²) < 4.78 is 0. The van der Waals surface area contributed by atoms with Crippen molar-refractivity contribution in [3.63, 3.8) is 0 Å². The van der Waals surface area contributed by atoms with Gasteiger partial charge in [0, 0.05) is 5.33 Å². The standard InChI is InChI=1S/C23H47Br/c1-3-5-7-9-11-12-14-16-20-23(21-17-18-22-24)19-15-13-10-8-6-4-2/h23H,3-22H2,1-2H3. The summed E-state index contributed by atoms with van der Waals surface area (Å²) in [5.41, 5.74) is 0. The lowest BCUT2D eigenvalue weighted by Crippen LogP contribution is -2.01. The van der Waals surface area contributed by atoms with E-state index in [4.69, 9.17) is 0 Å². The molecule has 0 nitrogen and oxygen atoms in total. The van der Waals surface area contributed by atoms with Crippen LogP contribution in [0.3, 0.4) is 0 Å². The highest BCUT2D eigenvalue weighted by molar-refractivity contribution is 9.09. The van der Waals surface area contributed by atoms with Gasteiger partial charge in [0.25, 0.3) is 0 Å². The maximum Gasteiger partial charge on any atom is 0.00313 e. The molecule has 0 saturated heterocycles. The molecule has 0 fully saturated rings. The van der Waals surface area contributed by atoms with Gasteiger partial charge in [-0.1, -0.05) is 145 Å². The van der Waals surface area contributed by atoms with Gasteiger partial charge in [0.2, 0.25) is 0 Å². The van der Waals surface area contributed by atoms with Crippen molar-refractivity contribution in [3.05, 3.63) is 0 Å². The molecule has 0 heterocycles. The largest absolute Gasteiger partial charge is 0.0928 e. The summed E-state index contributed by atoms with van der Waals surface area (Å²) in [6, 6.07) is 0. The van der Waals surface area contributed by atoms with Crippen molar-refractivity contribution in [2.45, 2.75) is 136 Å². The van der Waals surface area contributed by atoms with Gasteiger partial charge in [-0.3, -0.25) is 0 Å². The van der Waals surface area contributed by atoms with E-state index in [9.17, 15) is 0 Å². The molecule has 0 saturated carbocycles. The van der Waals surface area contributed by atoms with Gasteiger partial charge in [0.05, 0.1) is 0 Å². The van der Waals surface area contributed by atoms with Crippen LogP contribution in [0.5, 0.6) is 0 Å². The molecule has 1 unspecified atom stereocenters. The van der Waals surface area contributed by atoms with E-state index in [0.717, 1.165) is 5.92 Å². The van der Waals surface area contributed by atoms with E-state index in [1.807, 2.05) is 0 Å². The van der Waals surface area contributed by atoms with E-state index < -0.39 is 0 Å². The highest BCUT2D eigenvalue weighted by Crippen LogP contribution is 2.24. The third kappa shape index (κ3) is 18.8. The first-order valence-electron chi connectivity index (χ1n) is 11.4. The molecule has 0 bridgehead atoms. The fraction of sp³-hybridized carbons (Fsp3) is 1.00. The Labute approximate surface area is 163 Å². The minimum Gasteiger partial charge on any atom is -0.0928 e. The summed E-state index contributed by atoms with van der Waals surface area (Å²) in [4.78, 5) is 0. The molecule has 1 atom stereocenters. The number of halogens is 1. The number of alkyl halides is 1. The summed E-state index contributed by atoms with van der Waals surface area (Å²) in [7, 11) is 0. The average molecular weight is 404 g/mol. The number of unbranched alkanes of at least 4 members (excludes halogenated alkanes) is 13. The van der Waals surface area contributed by atoms with E-state index in [1.54, 1.807) is 0 Å². The predicted octanol–water partition coefficient (Wildman–Crippen LogP) is 9.45. The van der Waals surface area contributed by atoms with E-state index in [0.29, 0.717) is 0 Å². The molecule has 146 valence electrons. The van der Waals surface area contributed by atoms with Crippen molar-refractivity contribution >= 4 is 15.9 Å². The molecule has 0 spiro atoms. The Bertz CT molecular complexity index is 214. The lowest BCUT2D eigenvalue weighted by Gasteiger charge is -2.17. The van der Waals surface area contributed by atoms with Gasteiger partial charge < -0.3 is 0 Å². The first-order chi connectivity index (χ1) is 11.8. The molecule has 0 aromatic heterocycles. The molecular weight excluding hydrogens is 356 g/mol. The summed E-state index contributed by atoms with van der Waals surface area (Å²) in [5, 5.41) is 1.19. The van der Waals surface area contributed by atoms with Crippen LogP contribution in [-0.4, -0.2) is 5.33 Å². The first kappa shape index (κ1) is 24.5. The monoisotopic (exact) mass is 402 g/mol. The molecule has 0 aromatic rings. The van der Waals surface area contributed by atoms with Crippen LogP contribution >= 0.6 is 15.9 Å². The Hall–Kier alpha value is 0.480. The van der Waals surface area contributed by atoms with Crippen LogP contribution in [0.25, 0.3) is 0 Å². The topological polar surface area (TPSA) is 0 Å². The van der Waals surface area contributed by atoms with Crippen LogP contribution in [0.4, 0.5) is 0 Å². The van der Waals surface area contributed by atoms with Gasteiger partial charge >= 0.3 is 0 Å². The van der Waals surface area contributed by atoms with Crippen LogP contribution in [0.15, 0.2) is 0 Å². The lowest BCUT2D eigenvalue weighted by molar-refractivity contribution is 0.371. The Kier molecular flexibility index (Phi) is 22.0. The molecule has 0 aliphatic carbocycles. The quantitative estimate of drug-likeness (QED) is 0.140. The Morgan fingerprint density at radius 1 is 0.458 bits per heavy atom. The number of rotatable bonds is 20. The molecule has 0 aliphatic rings. The van der Waals surface area contributed by atoms with Crippen molar-refractivity contribution in [2.24, 2.45) is 5.92 Å².